The zero-order valence-corrected chi connectivity index (χ0v) is 14.6. The summed E-state index contributed by atoms with van der Waals surface area (Å²) < 4.78 is 5.35. The molecule has 0 spiro atoms. The Balaban J connectivity index is 4.04. The van der Waals surface area contributed by atoms with Crippen LogP contribution >= 0.6 is 8.60 Å². The van der Waals surface area contributed by atoms with Crippen LogP contribution in [0.4, 0.5) is 0 Å². The van der Waals surface area contributed by atoms with Crippen molar-refractivity contribution in [1.29, 1.82) is 0 Å². The highest BCUT2D eigenvalue weighted by Crippen LogP contribution is 2.33. The third-order valence-corrected chi connectivity index (χ3v) is 4.50. The van der Waals surface area contributed by atoms with Crippen molar-refractivity contribution in [3.63, 3.8) is 0 Å². The van der Waals surface area contributed by atoms with E-state index in [1.54, 1.807) is 0 Å². The second-order valence-corrected chi connectivity index (χ2v) is 6.55. The van der Waals surface area contributed by atoms with Crippen LogP contribution in [0.2, 0.25) is 0 Å². The first kappa shape index (κ1) is 20.3. The van der Waals surface area contributed by atoms with E-state index < -0.39 is 8.60 Å². The topological polar surface area (TPSA) is 49.7 Å². The molecule has 3 nitrogen and oxygen atoms in total. The molecule has 0 heterocycles. The number of hydrogen-bond donors (Lipinski definition) is 2. The standard InChI is InChI=1S/C16H35O3P/c1-4-7-9-10-11-13-16(19-20(17)18)14-15(6-3)12-8-5-2/h15-18H,4-14H2,1-3H3. The lowest BCUT2D eigenvalue weighted by Crippen LogP contribution is -2.16. The minimum atomic E-state index is -2.22. The molecule has 122 valence electrons. The van der Waals surface area contributed by atoms with E-state index in [9.17, 15) is 0 Å². The van der Waals surface area contributed by atoms with Crippen LogP contribution in [0, 0.1) is 5.92 Å². The van der Waals surface area contributed by atoms with Gasteiger partial charge in [0, 0.05) is 0 Å². The van der Waals surface area contributed by atoms with Gasteiger partial charge in [-0.25, -0.2) is 0 Å². The first-order valence-electron chi connectivity index (χ1n) is 8.48. The molecule has 0 fully saturated rings. The second-order valence-electron chi connectivity index (χ2n) is 5.84. The van der Waals surface area contributed by atoms with E-state index in [4.69, 9.17) is 14.3 Å². The Labute approximate surface area is 127 Å². The molecular weight excluding hydrogens is 271 g/mol. The van der Waals surface area contributed by atoms with E-state index >= 15 is 0 Å². The molecule has 4 heteroatoms. The summed E-state index contributed by atoms with van der Waals surface area (Å²) >= 11 is 0. The zero-order chi connectivity index (χ0) is 15.2. The molecule has 0 aliphatic rings. The van der Waals surface area contributed by atoms with E-state index in [1.165, 1.54) is 44.9 Å². The number of unbranched alkanes of at least 4 members (excludes halogenated alkanes) is 5. The molecule has 20 heavy (non-hydrogen) atoms. The van der Waals surface area contributed by atoms with Gasteiger partial charge in [0.1, 0.15) is 0 Å². The molecule has 0 amide bonds. The molecule has 0 aliphatic carbocycles. The summed E-state index contributed by atoms with van der Waals surface area (Å²) in [6.07, 6.45) is 13.0. The Bertz CT molecular complexity index is 200. The van der Waals surface area contributed by atoms with E-state index in [0.717, 1.165) is 25.7 Å². The Morgan fingerprint density at radius 3 is 2.05 bits per heavy atom. The van der Waals surface area contributed by atoms with E-state index in [1.807, 2.05) is 0 Å². The molecule has 0 saturated heterocycles. The third-order valence-electron chi connectivity index (χ3n) is 4.01. The van der Waals surface area contributed by atoms with E-state index in [-0.39, 0.29) is 6.10 Å². The van der Waals surface area contributed by atoms with Crippen LogP contribution in [-0.2, 0) is 4.52 Å². The fraction of sp³-hybridized carbons (Fsp3) is 1.00. The lowest BCUT2D eigenvalue weighted by Gasteiger charge is -2.23. The average molecular weight is 306 g/mol. The van der Waals surface area contributed by atoms with Crippen molar-refractivity contribution >= 4 is 8.60 Å². The summed E-state index contributed by atoms with van der Waals surface area (Å²) in [5, 5.41) is 0. The molecule has 0 bridgehead atoms. The van der Waals surface area contributed by atoms with Gasteiger partial charge in [0.15, 0.2) is 0 Å². The highest BCUT2D eigenvalue weighted by molar-refractivity contribution is 7.39. The van der Waals surface area contributed by atoms with Gasteiger partial charge in [-0.3, -0.25) is 0 Å². The largest absolute Gasteiger partial charge is 0.328 e. The van der Waals surface area contributed by atoms with Gasteiger partial charge in [0.2, 0.25) is 0 Å². The van der Waals surface area contributed by atoms with Crippen molar-refractivity contribution in [2.75, 3.05) is 0 Å². The SMILES string of the molecule is CCCCCCCC(CC(CC)CCCC)OP(O)O. The van der Waals surface area contributed by atoms with Crippen LogP contribution in [0.3, 0.4) is 0 Å². The number of rotatable bonds is 14. The van der Waals surface area contributed by atoms with Gasteiger partial charge < -0.3 is 14.3 Å². The third kappa shape index (κ3) is 12.1. The molecule has 0 aliphatic heterocycles. The second kappa shape index (κ2) is 14.3. The van der Waals surface area contributed by atoms with Crippen molar-refractivity contribution in [3.05, 3.63) is 0 Å². The van der Waals surface area contributed by atoms with E-state index in [0.29, 0.717) is 5.92 Å². The first-order chi connectivity index (χ1) is 9.63. The molecule has 0 radical (unpaired) electrons. The fourth-order valence-electron chi connectivity index (χ4n) is 2.68. The first-order valence-corrected chi connectivity index (χ1v) is 9.65. The summed E-state index contributed by atoms with van der Waals surface area (Å²) in [4.78, 5) is 18.2. The van der Waals surface area contributed by atoms with Gasteiger partial charge >= 0.3 is 8.60 Å². The van der Waals surface area contributed by atoms with Crippen molar-refractivity contribution < 1.29 is 14.3 Å². The lowest BCUT2D eigenvalue weighted by molar-refractivity contribution is 0.129. The molecule has 2 unspecified atom stereocenters. The van der Waals surface area contributed by atoms with Crippen molar-refractivity contribution in [2.24, 2.45) is 5.92 Å². The van der Waals surface area contributed by atoms with Crippen molar-refractivity contribution in [2.45, 2.75) is 97.5 Å². The van der Waals surface area contributed by atoms with Gasteiger partial charge in [0.05, 0.1) is 6.10 Å². The smallest absolute Gasteiger partial charge is 0.327 e. The summed E-state index contributed by atoms with van der Waals surface area (Å²) in [6, 6.07) is 0. The van der Waals surface area contributed by atoms with Crippen LogP contribution in [0.25, 0.3) is 0 Å². The highest BCUT2D eigenvalue weighted by atomic mass is 31.2. The maximum atomic E-state index is 9.12. The molecule has 0 aromatic rings. The van der Waals surface area contributed by atoms with E-state index in [2.05, 4.69) is 20.8 Å². The molecule has 0 aromatic heterocycles. The van der Waals surface area contributed by atoms with Crippen molar-refractivity contribution in [3.8, 4) is 0 Å². The molecule has 0 saturated carbocycles. The Morgan fingerprint density at radius 2 is 1.50 bits per heavy atom. The van der Waals surface area contributed by atoms with Crippen LogP contribution < -0.4 is 0 Å². The summed E-state index contributed by atoms with van der Waals surface area (Å²) in [7, 11) is -2.22. The van der Waals surface area contributed by atoms with Crippen molar-refractivity contribution in [1.82, 2.24) is 0 Å². The predicted molar refractivity (Wildman–Crippen MR) is 87.5 cm³/mol. The number of hydrogen-bond acceptors (Lipinski definition) is 3. The minimum Gasteiger partial charge on any atom is -0.328 e. The van der Waals surface area contributed by atoms with Gasteiger partial charge in [0.25, 0.3) is 0 Å². The van der Waals surface area contributed by atoms with Crippen LogP contribution in [0.15, 0.2) is 0 Å². The van der Waals surface area contributed by atoms with Gasteiger partial charge in [-0.05, 0) is 18.8 Å². The Hall–Kier alpha value is 0.310. The molecule has 0 aromatic carbocycles. The molecule has 2 atom stereocenters. The zero-order valence-electron chi connectivity index (χ0n) is 13.7. The van der Waals surface area contributed by atoms with Gasteiger partial charge in [-0.15, -0.1) is 0 Å². The van der Waals surface area contributed by atoms with Crippen LogP contribution in [0.5, 0.6) is 0 Å². The average Bonchev–Trinajstić information content (AvgIpc) is 2.42. The van der Waals surface area contributed by atoms with Crippen LogP contribution in [-0.4, -0.2) is 15.9 Å². The fourth-order valence-corrected chi connectivity index (χ4v) is 3.13. The maximum Gasteiger partial charge on any atom is 0.327 e. The summed E-state index contributed by atoms with van der Waals surface area (Å²) in [5.74, 6) is 0.658. The monoisotopic (exact) mass is 306 g/mol. The lowest BCUT2D eigenvalue weighted by atomic mass is 9.91. The Morgan fingerprint density at radius 1 is 0.850 bits per heavy atom. The molecule has 0 rings (SSSR count). The molecular formula is C16H35O3P. The maximum absolute atomic E-state index is 9.12. The summed E-state index contributed by atoms with van der Waals surface area (Å²) in [5.41, 5.74) is 0. The Kier molecular flexibility index (Phi) is 14.5. The quantitative estimate of drug-likeness (QED) is 0.327. The van der Waals surface area contributed by atoms with Gasteiger partial charge in [-0.2, -0.15) is 0 Å². The normalized spacial score (nSPS) is 14.7. The van der Waals surface area contributed by atoms with Gasteiger partial charge in [-0.1, -0.05) is 78.6 Å². The molecule has 2 N–H and O–H groups in total. The van der Waals surface area contributed by atoms with Crippen LogP contribution in [0.1, 0.15) is 91.4 Å². The highest BCUT2D eigenvalue weighted by Gasteiger charge is 2.18. The predicted octanol–water partition coefficient (Wildman–Crippen LogP) is 5.55. The minimum absolute atomic E-state index is 0.0274. The summed E-state index contributed by atoms with van der Waals surface area (Å²) in [6.45, 7) is 6.66.